The van der Waals surface area contributed by atoms with Crippen LogP contribution in [0.15, 0.2) is 59.7 Å². The number of aromatic amines is 1. The Morgan fingerprint density at radius 1 is 1.16 bits per heavy atom. The van der Waals surface area contributed by atoms with Gasteiger partial charge < -0.3 is 15.6 Å². The largest absolute Gasteiger partial charge is 0.361 e. The predicted molar refractivity (Wildman–Crippen MR) is 120 cm³/mol. The highest BCUT2D eigenvalue weighted by molar-refractivity contribution is 5.92. The fraction of sp³-hybridized carbons (Fsp3) is 0.292. The summed E-state index contributed by atoms with van der Waals surface area (Å²) in [5, 5.41) is 7.62. The van der Waals surface area contributed by atoms with Crippen LogP contribution in [0.4, 0.5) is 0 Å². The van der Waals surface area contributed by atoms with Crippen molar-refractivity contribution in [2.75, 3.05) is 6.54 Å². The number of benzene rings is 1. The molecule has 3 aromatic heterocycles. The third-order valence-corrected chi connectivity index (χ3v) is 6.06. The van der Waals surface area contributed by atoms with Crippen LogP contribution in [0.3, 0.4) is 0 Å². The molecule has 0 radical (unpaired) electrons. The molecule has 0 unspecified atom stereocenters. The lowest BCUT2D eigenvalue weighted by Gasteiger charge is -2.25. The number of carbonyl (C=O) groups excluding carboxylic acids is 1. The number of aromatic nitrogens is 3. The monoisotopic (exact) mass is 415 g/mol. The number of fused-ring (bicyclic) bond motifs is 2. The first-order valence-electron chi connectivity index (χ1n) is 10.7. The number of rotatable bonds is 7. The molecule has 3 heterocycles. The second-order valence-corrected chi connectivity index (χ2v) is 8.21. The van der Waals surface area contributed by atoms with Crippen molar-refractivity contribution < 1.29 is 4.79 Å². The van der Waals surface area contributed by atoms with E-state index in [-0.39, 0.29) is 17.2 Å². The Bertz CT molecular complexity index is 1300. The van der Waals surface area contributed by atoms with E-state index in [4.69, 9.17) is 0 Å². The van der Waals surface area contributed by atoms with Gasteiger partial charge in [-0.1, -0.05) is 24.6 Å². The Labute approximate surface area is 179 Å². The van der Waals surface area contributed by atoms with Gasteiger partial charge in [0.1, 0.15) is 11.3 Å². The molecular formula is C24H25N5O2. The van der Waals surface area contributed by atoms with Crippen molar-refractivity contribution in [1.82, 2.24) is 25.0 Å². The Kier molecular flexibility index (Phi) is 5.26. The molecule has 1 aliphatic rings. The molecule has 0 saturated heterocycles. The second-order valence-electron chi connectivity index (χ2n) is 8.21. The number of amides is 1. The lowest BCUT2D eigenvalue weighted by atomic mass is 9.85. The molecule has 1 aliphatic carbocycles. The summed E-state index contributed by atoms with van der Waals surface area (Å²) in [7, 11) is 0. The quantitative estimate of drug-likeness (QED) is 0.433. The van der Waals surface area contributed by atoms with Crippen LogP contribution < -0.4 is 16.2 Å². The van der Waals surface area contributed by atoms with Gasteiger partial charge in [-0.3, -0.25) is 14.0 Å². The molecule has 0 aliphatic heterocycles. The number of nitrogens with one attached hydrogen (secondary N) is 3. The second kappa shape index (κ2) is 8.35. The highest BCUT2D eigenvalue weighted by Crippen LogP contribution is 2.25. The SMILES string of the molecule is O=C(NCc1ccc2c(CNCC3CCC3)c[nH]c2c1)c1cc(=O)n2ccccc2n1. The standard InChI is InChI=1S/C24H25N5O2/c30-23-11-21(28-22-6-1-2-9-29(22)23)24(31)27-13-17-7-8-19-18(15-26-20(19)10-17)14-25-12-16-4-3-5-16/h1-2,6-11,15-16,25-26H,3-5,12-14H2,(H,27,31). The van der Waals surface area contributed by atoms with Gasteiger partial charge in [-0.25, -0.2) is 4.98 Å². The van der Waals surface area contributed by atoms with Gasteiger partial charge in [0.15, 0.2) is 0 Å². The summed E-state index contributed by atoms with van der Waals surface area (Å²) in [5.74, 6) is 0.477. The van der Waals surface area contributed by atoms with Crippen LogP contribution in [0.1, 0.15) is 40.9 Å². The number of carbonyl (C=O) groups is 1. The number of H-pyrrole nitrogens is 1. The summed E-state index contributed by atoms with van der Waals surface area (Å²) < 4.78 is 1.41. The summed E-state index contributed by atoms with van der Waals surface area (Å²) in [6.45, 7) is 2.30. The van der Waals surface area contributed by atoms with Crippen molar-refractivity contribution in [3.63, 3.8) is 0 Å². The minimum Gasteiger partial charge on any atom is -0.361 e. The molecule has 3 N–H and O–H groups in total. The van der Waals surface area contributed by atoms with E-state index >= 15 is 0 Å². The van der Waals surface area contributed by atoms with Crippen molar-refractivity contribution in [3.8, 4) is 0 Å². The molecule has 5 rings (SSSR count). The first-order chi connectivity index (χ1) is 15.2. The van der Waals surface area contributed by atoms with E-state index in [0.717, 1.165) is 30.1 Å². The van der Waals surface area contributed by atoms with E-state index in [0.29, 0.717) is 12.2 Å². The summed E-state index contributed by atoms with van der Waals surface area (Å²) >= 11 is 0. The van der Waals surface area contributed by atoms with Crippen molar-refractivity contribution >= 4 is 22.5 Å². The van der Waals surface area contributed by atoms with Gasteiger partial charge in [0.25, 0.3) is 11.5 Å². The third kappa shape index (κ3) is 4.09. The summed E-state index contributed by atoms with van der Waals surface area (Å²) in [5.41, 5.74) is 3.58. The highest BCUT2D eigenvalue weighted by Gasteiger charge is 2.16. The fourth-order valence-corrected chi connectivity index (χ4v) is 4.04. The molecule has 1 aromatic carbocycles. The van der Waals surface area contributed by atoms with E-state index in [1.54, 1.807) is 24.4 Å². The van der Waals surface area contributed by atoms with Gasteiger partial charge in [0, 0.05) is 42.5 Å². The van der Waals surface area contributed by atoms with Crippen LogP contribution in [0.2, 0.25) is 0 Å². The smallest absolute Gasteiger partial charge is 0.270 e. The molecule has 1 fully saturated rings. The summed E-state index contributed by atoms with van der Waals surface area (Å²) in [6.07, 6.45) is 7.74. The summed E-state index contributed by atoms with van der Waals surface area (Å²) in [4.78, 5) is 32.4. The minimum atomic E-state index is -0.365. The molecule has 31 heavy (non-hydrogen) atoms. The molecular weight excluding hydrogens is 390 g/mol. The predicted octanol–water partition coefficient (Wildman–Crippen LogP) is 3.00. The average Bonchev–Trinajstić information content (AvgIpc) is 3.16. The fourth-order valence-electron chi connectivity index (χ4n) is 4.04. The number of hydrogen-bond acceptors (Lipinski definition) is 4. The Hall–Kier alpha value is -3.45. The van der Waals surface area contributed by atoms with Crippen LogP contribution in [-0.2, 0) is 13.1 Å². The van der Waals surface area contributed by atoms with Crippen LogP contribution in [0, 0.1) is 5.92 Å². The van der Waals surface area contributed by atoms with Crippen LogP contribution >= 0.6 is 0 Å². The van der Waals surface area contributed by atoms with E-state index in [1.807, 2.05) is 18.3 Å². The van der Waals surface area contributed by atoms with Crippen molar-refractivity contribution in [2.45, 2.75) is 32.4 Å². The van der Waals surface area contributed by atoms with E-state index < -0.39 is 0 Å². The Morgan fingerprint density at radius 2 is 2.06 bits per heavy atom. The average molecular weight is 415 g/mol. The Morgan fingerprint density at radius 3 is 2.90 bits per heavy atom. The lowest BCUT2D eigenvalue weighted by molar-refractivity contribution is 0.0946. The third-order valence-electron chi connectivity index (χ3n) is 6.06. The van der Waals surface area contributed by atoms with Gasteiger partial charge in [-0.15, -0.1) is 0 Å². The number of pyridine rings is 1. The first-order valence-corrected chi connectivity index (χ1v) is 10.7. The molecule has 0 atom stereocenters. The maximum atomic E-state index is 12.5. The zero-order valence-corrected chi connectivity index (χ0v) is 17.2. The van der Waals surface area contributed by atoms with E-state index in [9.17, 15) is 9.59 Å². The van der Waals surface area contributed by atoms with Crippen LogP contribution in [0.5, 0.6) is 0 Å². The molecule has 1 saturated carbocycles. The van der Waals surface area contributed by atoms with E-state index in [1.165, 1.54) is 40.7 Å². The first kappa shape index (κ1) is 19.5. The number of nitrogens with zero attached hydrogens (tertiary/aromatic N) is 2. The van der Waals surface area contributed by atoms with Crippen molar-refractivity contribution in [3.05, 3.63) is 82.0 Å². The molecule has 0 spiro atoms. The van der Waals surface area contributed by atoms with Gasteiger partial charge >= 0.3 is 0 Å². The molecule has 7 nitrogen and oxygen atoms in total. The van der Waals surface area contributed by atoms with Crippen molar-refractivity contribution in [2.24, 2.45) is 5.92 Å². The molecule has 1 amide bonds. The van der Waals surface area contributed by atoms with Gasteiger partial charge in [0.05, 0.1) is 0 Å². The van der Waals surface area contributed by atoms with Crippen LogP contribution in [0.25, 0.3) is 16.6 Å². The van der Waals surface area contributed by atoms with Crippen LogP contribution in [-0.4, -0.2) is 26.8 Å². The molecule has 7 heteroatoms. The maximum absolute atomic E-state index is 12.5. The normalized spacial score (nSPS) is 14.1. The topological polar surface area (TPSA) is 91.3 Å². The number of hydrogen-bond donors (Lipinski definition) is 3. The molecule has 0 bridgehead atoms. The van der Waals surface area contributed by atoms with Gasteiger partial charge in [-0.2, -0.15) is 0 Å². The van der Waals surface area contributed by atoms with Crippen molar-refractivity contribution in [1.29, 1.82) is 0 Å². The molecule has 158 valence electrons. The zero-order chi connectivity index (χ0) is 21.2. The Balaban J connectivity index is 1.24. The minimum absolute atomic E-state index is 0.122. The van der Waals surface area contributed by atoms with Gasteiger partial charge in [0.2, 0.25) is 0 Å². The lowest BCUT2D eigenvalue weighted by Crippen LogP contribution is -2.27. The zero-order valence-electron chi connectivity index (χ0n) is 17.2. The van der Waals surface area contributed by atoms with E-state index in [2.05, 4.69) is 26.7 Å². The van der Waals surface area contributed by atoms with Gasteiger partial charge in [-0.05, 0) is 54.6 Å². The molecule has 4 aromatic rings. The summed E-state index contributed by atoms with van der Waals surface area (Å²) in [6, 6.07) is 12.7. The highest BCUT2D eigenvalue weighted by atomic mass is 16.2. The maximum Gasteiger partial charge on any atom is 0.270 e.